The fraction of sp³-hybridized carbons (Fsp3) is 0.571. The zero-order valence-corrected chi connectivity index (χ0v) is 12.0. The van der Waals surface area contributed by atoms with Gasteiger partial charge in [-0.1, -0.05) is 17.7 Å². The lowest BCUT2D eigenvalue weighted by atomic mass is 9.86. The van der Waals surface area contributed by atoms with Crippen molar-refractivity contribution >= 4 is 11.6 Å². The summed E-state index contributed by atoms with van der Waals surface area (Å²) in [5.41, 5.74) is 7.00. The molecule has 0 aliphatic heterocycles. The molecule has 0 spiro atoms. The van der Waals surface area contributed by atoms with Gasteiger partial charge in [0.2, 0.25) is 0 Å². The van der Waals surface area contributed by atoms with E-state index in [-0.39, 0.29) is 18.2 Å². The van der Waals surface area contributed by atoms with Crippen LogP contribution in [0.5, 0.6) is 5.75 Å². The number of rotatable bonds is 6. The second-order valence-corrected chi connectivity index (χ2v) is 5.23. The van der Waals surface area contributed by atoms with Crippen LogP contribution in [0.15, 0.2) is 18.2 Å². The summed E-state index contributed by atoms with van der Waals surface area (Å²) in [7, 11) is 1.65. The lowest BCUT2D eigenvalue weighted by Crippen LogP contribution is -2.59. The van der Waals surface area contributed by atoms with Gasteiger partial charge in [0.25, 0.3) is 0 Å². The Morgan fingerprint density at radius 1 is 1.37 bits per heavy atom. The molecule has 0 amide bonds. The molecule has 1 saturated carbocycles. The second-order valence-electron chi connectivity index (χ2n) is 4.79. The van der Waals surface area contributed by atoms with Crippen molar-refractivity contribution in [2.75, 3.05) is 20.3 Å². The molecule has 0 heterocycles. The first-order valence-corrected chi connectivity index (χ1v) is 6.78. The molecule has 1 fully saturated rings. The van der Waals surface area contributed by atoms with Gasteiger partial charge >= 0.3 is 0 Å². The van der Waals surface area contributed by atoms with Crippen LogP contribution in [0.4, 0.5) is 0 Å². The molecule has 2 rings (SSSR count). The molecule has 106 valence electrons. The van der Waals surface area contributed by atoms with Gasteiger partial charge in [-0.2, -0.15) is 0 Å². The molecule has 1 aromatic carbocycles. The molecule has 4 nitrogen and oxygen atoms in total. The fourth-order valence-electron chi connectivity index (χ4n) is 2.09. The largest absolute Gasteiger partial charge is 0.487 e. The molecule has 3 unspecified atom stereocenters. The summed E-state index contributed by atoms with van der Waals surface area (Å²) in [6.07, 6.45) is 0.710. The SMILES string of the molecule is COCCOC1C(N)CC1Oc1cc(Cl)ccc1C. The van der Waals surface area contributed by atoms with Gasteiger partial charge < -0.3 is 19.9 Å². The van der Waals surface area contributed by atoms with Gasteiger partial charge in [-0.25, -0.2) is 0 Å². The maximum Gasteiger partial charge on any atom is 0.128 e. The first-order valence-electron chi connectivity index (χ1n) is 6.40. The van der Waals surface area contributed by atoms with E-state index < -0.39 is 0 Å². The van der Waals surface area contributed by atoms with E-state index in [1.807, 2.05) is 25.1 Å². The summed E-state index contributed by atoms with van der Waals surface area (Å²) >= 11 is 5.98. The van der Waals surface area contributed by atoms with Crippen LogP contribution in [0.3, 0.4) is 0 Å². The highest BCUT2D eigenvalue weighted by Crippen LogP contribution is 2.31. The van der Waals surface area contributed by atoms with Crippen molar-refractivity contribution in [3.63, 3.8) is 0 Å². The third kappa shape index (κ3) is 3.60. The minimum Gasteiger partial charge on any atom is -0.487 e. The highest BCUT2D eigenvalue weighted by Gasteiger charge is 2.41. The van der Waals surface area contributed by atoms with Crippen molar-refractivity contribution in [2.24, 2.45) is 5.73 Å². The Kier molecular flexibility index (Phi) is 5.05. The summed E-state index contributed by atoms with van der Waals surface area (Å²) in [6.45, 7) is 3.08. The van der Waals surface area contributed by atoms with Crippen molar-refractivity contribution in [1.82, 2.24) is 0 Å². The minimum absolute atomic E-state index is 0.0102. The highest BCUT2D eigenvalue weighted by atomic mass is 35.5. The molecule has 5 heteroatoms. The Bertz CT molecular complexity index is 427. The molecular weight excluding hydrogens is 266 g/mol. The van der Waals surface area contributed by atoms with Crippen LogP contribution in [-0.4, -0.2) is 38.6 Å². The van der Waals surface area contributed by atoms with Crippen LogP contribution in [0.25, 0.3) is 0 Å². The highest BCUT2D eigenvalue weighted by molar-refractivity contribution is 6.30. The Hall–Kier alpha value is -0.810. The first-order chi connectivity index (χ1) is 9.11. The van der Waals surface area contributed by atoms with Gasteiger partial charge in [-0.15, -0.1) is 0 Å². The zero-order valence-electron chi connectivity index (χ0n) is 11.3. The van der Waals surface area contributed by atoms with Crippen molar-refractivity contribution < 1.29 is 14.2 Å². The molecule has 3 atom stereocenters. The van der Waals surface area contributed by atoms with Crippen LogP contribution in [-0.2, 0) is 9.47 Å². The van der Waals surface area contributed by atoms with E-state index in [9.17, 15) is 0 Å². The standard InChI is InChI=1S/C14H20ClNO3/c1-9-3-4-10(15)7-12(9)19-13-8-11(16)14(13)18-6-5-17-2/h3-4,7,11,13-14H,5-6,8,16H2,1-2H3. The van der Waals surface area contributed by atoms with Gasteiger partial charge in [-0.3, -0.25) is 0 Å². The van der Waals surface area contributed by atoms with Crippen LogP contribution in [0.1, 0.15) is 12.0 Å². The van der Waals surface area contributed by atoms with Gasteiger partial charge in [0.05, 0.1) is 13.2 Å². The Morgan fingerprint density at radius 3 is 2.84 bits per heavy atom. The predicted molar refractivity (Wildman–Crippen MR) is 74.8 cm³/mol. The molecule has 19 heavy (non-hydrogen) atoms. The summed E-state index contributed by atoms with van der Waals surface area (Å²) in [5, 5.41) is 0.668. The third-order valence-electron chi connectivity index (χ3n) is 3.32. The van der Waals surface area contributed by atoms with Crippen LogP contribution in [0, 0.1) is 6.92 Å². The third-order valence-corrected chi connectivity index (χ3v) is 3.55. The van der Waals surface area contributed by atoms with E-state index in [1.165, 1.54) is 0 Å². The Balaban J connectivity index is 1.93. The lowest BCUT2D eigenvalue weighted by Gasteiger charge is -2.42. The molecule has 0 radical (unpaired) electrons. The molecule has 0 aromatic heterocycles. The average molecular weight is 286 g/mol. The summed E-state index contributed by atoms with van der Waals surface area (Å²) in [5.74, 6) is 0.796. The van der Waals surface area contributed by atoms with Gasteiger partial charge in [0, 0.05) is 24.6 Å². The number of benzene rings is 1. The lowest BCUT2D eigenvalue weighted by molar-refractivity contribution is -0.107. The smallest absolute Gasteiger partial charge is 0.128 e. The van der Waals surface area contributed by atoms with Gasteiger partial charge in [0.15, 0.2) is 0 Å². The maximum atomic E-state index is 5.98. The van der Waals surface area contributed by atoms with E-state index in [1.54, 1.807) is 7.11 Å². The van der Waals surface area contributed by atoms with Crippen LogP contribution in [0.2, 0.25) is 5.02 Å². The fourth-order valence-corrected chi connectivity index (χ4v) is 2.26. The number of hydrogen-bond donors (Lipinski definition) is 1. The molecule has 0 saturated heterocycles. The summed E-state index contributed by atoms with van der Waals surface area (Å²) in [6, 6.07) is 5.65. The van der Waals surface area contributed by atoms with Crippen LogP contribution >= 0.6 is 11.6 Å². The average Bonchev–Trinajstić information content (AvgIpc) is 2.38. The number of methoxy groups -OCH3 is 1. The monoisotopic (exact) mass is 285 g/mol. The molecule has 2 N–H and O–H groups in total. The van der Waals surface area contributed by atoms with Gasteiger partial charge in [0.1, 0.15) is 18.0 Å². The van der Waals surface area contributed by atoms with Crippen molar-refractivity contribution in [2.45, 2.75) is 31.6 Å². The van der Waals surface area contributed by atoms with E-state index in [0.717, 1.165) is 17.7 Å². The first kappa shape index (κ1) is 14.6. The topological polar surface area (TPSA) is 53.7 Å². The van der Waals surface area contributed by atoms with Gasteiger partial charge in [-0.05, 0) is 24.6 Å². The van der Waals surface area contributed by atoms with Crippen molar-refractivity contribution in [3.05, 3.63) is 28.8 Å². The summed E-state index contributed by atoms with van der Waals surface area (Å²) < 4.78 is 16.6. The quantitative estimate of drug-likeness (QED) is 0.814. The molecular formula is C14H20ClNO3. The van der Waals surface area contributed by atoms with Crippen molar-refractivity contribution in [1.29, 1.82) is 0 Å². The zero-order chi connectivity index (χ0) is 13.8. The molecule has 1 aliphatic carbocycles. The second kappa shape index (κ2) is 6.57. The molecule has 1 aromatic rings. The number of halogens is 1. The molecule has 0 bridgehead atoms. The minimum atomic E-state index is -0.0754. The number of nitrogens with two attached hydrogens (primary N) is 1. The Labute approximate surface area is 118 Å². The number of hydrogen-bond acceptors (Lipinski definition) is 4. The van der Waals surface area contributed by atoms with E-state index >= 15 is 0 Å². The number of aryl methyl sites for hydroxylation is 1. The van der Waals surface area contributed by atoms with E-state index in [0.29, 0.717) is 18.2 Å². The normalized spacial score (nSPS) is 26.0. The maximum absolute atomic E-state index is 5.98. The summed E-state index contributed by atoms with van der Waals surface area (Å²) in [4.78, 5) is 0. The van der Waals surface area contributed by atoms with Crippen molar-refractivity contribution in [3.8, 4) is 5.75 Å². The van der Waals surface area contributed by atoms with E-state index in [4.69, 9.17) is 31.5 Å². The number of ether oxygens (including phenoxy) is 3. The van der Waals surface area contributed by atoms with E-state index in [2.05, 4.69) is 0 Å². The molecule has 1 aliphatic rings. The van der Waals surface area contributed by atoms with Crippen LogP contribution < -0.4 is 10.5 Å². The Morgan fingerprint density at radius 2 is 2.16 bits per heavy atom. The predicted octanol–water partition coefficient (Wildman–Crippen LogP) is 2.16.